The highest BCUT2D eigenvalue weighted by molar-refractivity contribution is 8.01. The van der Waals surface area contributed by atoms with E-state index in [1.807, 2.05) is 31.2 Å². The first-order chi connectivity index (χ1) is 12.8. The summed E-state index contributed by atoms with van der Waals surface area (Å²) in [6.45, 7) is 5.97. The average molecular weight is 393 g/mol. The molecule has 0 bridgehead atoms. The topological polar surface area (TPSA) is 84.5 Å². The molecule has 0 unspecified atom stereocenters. The van der Waals surface area contributed by atoms with Crippen LogP contribution in [-0.2, 0) is 19.1 Å². The van der Waals surface area contributed by atoms with Gasteiger partial charge < -0.3 is 15.4 Å². The normalized spacial score (nSPS) is 17.0. The smallest absolute Gasteiger partial charge is 0.307 e. The van der Waals surface area contributed by atoms with Gasteiger partial charge in [0.2, 0.25) is 5.91 Å². The van der Waals surface area contributed by atoms with Gasteiger partial charge in [-0.15, -0.1) is 11.8 Å². The lowest BCUT2D eigenvalue weighted by molar-refractivity contribution is -0.149. The van der Waals surface area contributed by atoms with E-state index in [1.165, 1.54) is 11.8 Å². The van der Waals surface area contributed by atoms with E-state index in [1.54, 1.807) is 0 Å². The Morgan fingerprint density at radius 2 is 1.96 bits per heavy atom. The first-order valence-electron chi connectivity index (χ1n) is 9.36. The number of thioether (sulfide) groups is 1. The number of hydrogen-bond acceptors (Lipinski definition) is 5. The predicted molar refractivity (Wildman–Crippen MR) is 107 cm³/mol. The van der Waals surface area contributed by atoms with E-state index < -0.39 is 11.2 Å². The van der Waals surface area contributed by atoms with Crippen LogP contribution in [0.2, 0.25) is 0 Å². The van der Waals surface area contributed by atoms with E-state index in [-0.39, 0.29) is 30.9 Å². The second kappa shape index (κ2) is 10.3. The Bertz CT molecular complexity index is 678. The van der Waals surface area contributed by atoms with Crippen LogP contribution in [0.1, 0.15) is 46.5 Å². The van der Waals surface area contributed by atoms with Crippen molar-refractivity contribution in [1.29, 1.82) is 0 Å². The number of fused-ring (bicyclic) bond motifs is 1. The van der Waals surface area contributed by atoms with E-state index in [4.69, 9.17) is 4.74 Å². The summed E-state index contributed by atoms with van der Waals surface area (Å²) < 4.78 is 5.04. The Kier molecular flexibility index (Phi) is 8.16. The van der Waals surface area contributed by atoms with Crippen LogP contribution in [0.3, 0.4) is 0 Å². The Balaban J connectivity index is 1.70. The molecule has 0 radical (unpaired) electrons. The molecule has 1 aromatic carbocycles. The zero-order valence-corrected chi connectivity index (χ0v) is 16.9. The standard InChI is InChI=1S/C20H28N2O4S/c1-13(2)7-6-8-14(3)21-18(23)12-26-19(24)11-17-20(25)22-15-9-4-5-10-16(15)27-17/h4-5,9-10,13-14,17H,6-8,11-12H2,1-3H3,(H,21,23)(H,22,25)/t14-,17+/m0/s1. The minimum atomic E-state index is -0.551. The number of benzene rings is 1. The molecule has 0 saturated carbocycles. The van der Waals surface area contributed by atoms with Gasteiger partial charge in [0.15, 0.2) is 6.61 Å². The van der Waals surface area contributed by atoms with Crippen molar-refractivity contribution in [1.82, 2.24) is 5.32 Å². The molecular formula is C20H28N2O4S. The molecule has 1 aliphatic rings. The van der Waals surface area contributed by atoms with Crippen molar-refractivity contribution < 1.29 is 19.1 Å². The first kappa shape index (κ1) is 21.3. The number of carbonyl (C=O) groups excluding carboxylic acids is 3. The van der Waals surface area contributed by atoms with Crippen molar-refractivity contribution in [3.8, 4) is 0 Å². The van der Waals surface area contributed by atoms with Gasteiger partial charge >= 0.3 is 5.97 Å². The molecule has 6 nitrogen and oxygen atoms in total. The van der Waals surface area contributed by atoms with Gasteiger partial charge in [0.1, 0.15) is 0 Å². The minimum Gasteiger partial charge on any atom is -0.456 e. The molecule has 0 aliphatic carbocycles. The summed E-state index contributed by atoms with van der Waals surface area (Å²) in [7, 11) is 0. The van der Waals surface area contributed by atoms with Gasteiger partial charge in [0, 0.05) is 10.9 Å². The lowest BCUT2D eigenvalue weighted by Gasteiger charge is -2.23. The third-order valence-corrected chi connectivity index (χ3v) is 5.52. The molecule has 0 fully saturated rings. The molecule has 1 aromatic rings. The van der Waals surface area contributed by atoms with Gasteiger partial charge in [-0.1, -0.05) is 38.8 Å². The van der Waals surface area contributed by atoms with Crippen molar-refractivity contribution in [2.45, 2.75) is 62.6 Å². The fourth-order valence-corrected chi connectivity index (χ4v) is 3.90. The number of nitrogens with one attached hydrogen (secondary N) is 2. The van der Waals surface area contributed by atoms with Crippen molar-refractivity contribution in [3.05, 3.63) is 24.3 Å². The molecule has 7 heteroatoms. The minimum absolute atomic E-state index is 0.0473. The summed E-state index contributed by atoms with van der Waals surface area (Å²) in [5, 5.41) is 5.07. The van der Waals surface area contributed by atoms with Crippen molar-refractivity contribution in [2.24, 2.45) is 5.92 Å². The quantitative estimate of drug-likeness (QED) is 0.630. The zero-order chi connectivity index (χ0) is 19.8. The predicted octanol–water partition coefficient (Wildman–Crippen LogP) is 3.36. The second-order valence-corrected chi connectivity index (χ2v) is 8.49. The molecular weight excluding hydrogens is 364 g/mol. The Morgan fingerprint density at radius 3 is 2.70 bits per heavy atom. The number of carbonyl (C=O) groups is 3. The molecule has 148 valence electrons. The maximum atomic E-state index is 12.1. The average Bonchev–Trinajstić information content (AvgIpc) is 2.60. The highest BCUT2D eigenvalue weighted by Crippen LogP contribution is 2.36. The highest BCUT2D eigenvalue weighted by atomic mass is 32.2. The number of ether oxygens (including phenoxy) is 1. The summed E-state index contributed by atoms with van der Waals surface area (Å²) in [6.07, 6.45) is 3.01. The van der Waals surface area contributed by atoms with Crippen LogP contribution in [0.25, 0.3) is 0 Å². The molecule has 1 heterocycles. The number of anilines is 1. The number of para-hydroxylation sites is 1. The summed E-state index contributed by atoms with van der Waals surface area (Å²) in [5.74, 6) is -0.439. The first-order valence-corrected chi connectivity index (χ1v) is 10.2. The molecule has 0 spiro atoms. The number of esters is 1. The monoisotopic (exact) mass is 392 g/mol. The maximum absolute atomic E-state index is 12.1. The molecule has 27 heavy (non-hydrogen) atoms. The Morgan fingerprint density at radius 1 is 1.22 bits per heavy atom. The summed E-state index contributed by atoms with van der Waals surface area (Å²) in [5.41, 5.74) is 0.753. The summed E-state index contributed by atoms with van der Waals surface area (Å²) >= 11 is 1.34. The lowest BCUT2D eigenvalue weighted by Crippen LogP contribution is -2.36. The van der Waals surface area contributed by atoms with Crippen LogP contribution in [-0.4, -0.2) is 35.7 Å². The maximum Gasteiger partial charge on any atom is 0.307 e. The zero-order valence-electron chi connectivity index (χ0n) is 16.1. The van der Waals surface area contributed by atoms with Gasteiger partial charge in [0.05, 0.1) is 17.4 Å². The largest absolute Gasteiger partial charge is 0.456 e. The number of amides is 2. The number of hydrogen-bond donors (Lipinski definition) is 2. The van der Waals surface area contributed by atoms with Crippen LogP contribution in [0.5, 0.6) is 0 Å². The van der Waals surface area contributed by atoms with E-state index in [2.05, 4.69) is 24.5 Å². The van der Waals surface area contributed by atoms with Gasteiger partial charge in [0.25, 0.3) is 5.91 Å². The summed E-state index contributed by atoms with van der Waals surface area (Å²) in [4.78, 5) is 36.9. The van der Waals surface area contributed by atoms with Crippen molar-refractivity contribution in [2.75, 3.05) is 11.9 Å². The third kappa shape index (κ3) is 7.25. The molecule has 2 amide bonds. The Labute approximate surface area is 164 Å². The molecule has 2 N–H and O–H groups in total. The van der Waals surface area contributed by atoms with Crippen LogP contribution < -0.4 is 10.6 Å². The third-order valence-electron chi connectivity index (χ3n) is 4.25. The Hall–Kier alpha value is -2.02. The van der Waals surface area contributed by atoms with E-state index >= 15 is 0 Å². The molecule has 0 aromatic heterocycles. The van der Waals surface area contributed by atoms with Crippen molar-refractivity contribution in [3.63, 3.8) is 0 Å². The van der Waals surface area contributed by atoms with E-state index in [9.17, 15) is 14.4 Å². The second-order valence-electron chi connectivity index (χ2n) is 7.25. The van der Waals surface area contributed by atoms with Gasteiger partial charge in [-0.05, 0) is 31.4 Å². The SMILES string of the molecule is CC(C)CCC[C@H](C)NC(=O)COC(=O)C[C@H]1Sc2ccccc2NC1=O. The van der Waals surface area contributed by atoms with E-state index in [0.717, 1.165) is 29.8 Å². The molecule has 0 saturated heterocycles. The van der Waals surface area contributed by atoms with Crippen molar-refractivity contribution >= 4 is 35.2 Å². The van der Waals surface area contributed by atoms with Gasteiger partial charge in [-0.3, -0.25) is 14.4 Å². The molecule has 2 rings (SSSR count). The molecule has 1 aliphatic heterocycles. The van der Waals surface area contributed by atoms with Crippen LogP contribution in [0, 0.1) is 5.92 Å². The fourth-order valence-electron chi connectivity index (χ4n) is 2.80. The van der Waals surface area contributed by atoms with Gasteiger partial charge in [-0.2, -0.15) is 0 Å². The number of rotatable bonds is 9. The van der Waals surface area contributed by atoms with Gasteiger partial charge in [-0.25, -0.2) is 0 Å². The fraction of sp³-hybridized carbons (Fsp3) is 0.550. The van der Waals surface area contributed by atoms with Crippen LogP contribution in [0.4, 0.5) is 5.69 Å². The van der Waals surface area contributed by atoms with Crippen LogP contribution >= 0.6 is 11.8 Å². The van der Waals surface area contributed by atoms with Crippen LogP contribution in [0.15, 0.2) is 29.2 Å². The van der Waals surface area contributed by atoms with E-state index in [0.29, 0.717) is 5.92 Å². The lowest BCUT2D eigenvalue weighted by atomic mass is 10.0. The molecule has 2 atom stereocenters. The highest BCUT2D eigenvalue weighted by Gasteiger charge is 2.29. The summed E-state index contributed by atoms with van der Waals surface area (Å²) in [6, 6.07) is 7.49.